The molecule has 7 nitrogen and oxygen atoms in total. The second-order valence-corrected chi connectivity index (χ2v) is 7.90. The van der Waals surface area contributed by atoms with Crippen molar-refractivity contribution in [3.63, 3.8) is 0 Å². The molecule has 2 aliphatic rings. The maximum Gasteiger partial charge on any atom is 0.264 e. The molecule has 2 N–H and O–H groups in total. The molecule has 2 amide bonds. The van der Waals surface area contributed by atoms with Gasteiger partial charge in [-0.3, -0.25) is 9.59 Å². The Labute approximate surface area is 152 Å². The first-order valence-corrected chi connectivity index (χ1v) is 9.76. The summed E-state index contributed by atoms with van der Waals surface area (Å²) in [4.78, 5) is 24.2. The lowest BCUT2D eigenvalue weighted by Gasteiger charge is -2.19. The van der Waals surface area contributed by atoms with E-state index >= 15 is 0 Å². The molecule has 1 unspecified atom stereocenters. The molecule has 0 radical (unpaired) electrons. The number of methoxy groups -OCH3 is 1. The van der Waals surface area contributed by atoms with Gasteiger partial charge in [0.25, 0.3) is 21.8 Å². The van der Waals surface area contributed by atoms with Crippen LogP contribution in [-0.4, -0.2) is 39.5 Å². The van der Waals surface area contributed by atoms with Crippen molar-refractivity contribution in [1.29, 1.82) is 0 Å². The number of hydrogen-bond donors (Lipinski definition) is 2. The maximum absolute atomic E-state index is 12.4. The highest BCUT2D eigenvalue weighted by atomic mass is 32.2. The maximum atomic E-state index is 12.4. The molecule has 0 bridgehead atoms. The van der Waals surface area contributed by atoms with Gasteiger partial charge < -0.3 is 10.1 Å². The van der Waals surface area contributed by atoms with Crippen LogP contribution in [0.5, 0.6) is 0 Å². The summed E-state index contributed by atoms with van der Waals surface area (Å²) in [7, 11) is -2.58. The fourth-order valence-electron chi connectivity index (χ4n) is 2.58. The largest absolute Gasteiger partial charge is 0.376 e. The van der Waals surface area contributed by atoms with Crippen LogP contribution in [0.25, 0.3) is 0 Å². The summed E-state index contributed by atoms with van der Waals surface area (Å²) in [5, 5.41) is 2.83. The molecule has 2 aliphatic carbocycles. The zero-order valence-corrected chi connectivity index (χ0v) is 15.1. The zero-order chi connectivity index (χ0) is 18.7. The van der Waals surface area contributed by atoms with Crippen LogP contribution in [0.15, 0.2) is 53.0 Å². The predicted octanol–water partition coefficient (Wildman–Crippen LogP) is 1.28. The number of carbonyl (C=O) groups excluding carboxylic acids is 2. The number of allylic oxidation sites excluding steroid dienone is 2. The molecule has 0 spiro atoms. The predicted molar refractivity (Wildman–Crippen MR) is 94.9 cm³/mol. The van der Waals surface area contributed by atoms with Crippen LogP contribution in [0.4, 0.5) is 0 Å². The Morgan fingerprint density at radius 2 is 1.81 bits per heavy atom. The van der Waals surface area contributed by atoms with Gasteiger partial charge in [0.2, 0.25) is 0 Å². The third-order valence-electron chi connectivity index (χ3n) is 4.22. The monoisotopic (exact) mass is 376 g/mol. The smallest absolute Gasteiger partial charge is 0.264 e. The van der Waals surface area contributed by atoms with E-state index in [2.05, 4.69) is 5.32 Å². The van der Waals surface area contributed by atoms with Gasteiger partial charge in [0.15, 0.2) is 0 Å². The van der Waals surface area contributed by atoms with E-state index in [9.17, 15) is 18.0 Å². The standard InChI is InChI=1S/C18H20N2O5S/c1-25-16-5-3-2-4-15(16)18(22)20-26(23,24)14-10-6-12(7-11-14)17(21)19-13-8-9-13/h2-4,6-7,10-11,13,16H,5,8-9H2,1H3,(H,19,21)(H,20,22). The van der Waals surface area contributed by atoms with Crippen LogP contribution < -0.4 is 10.0 Å². The lowest BCUT2D eigenvalue weighted by molar-refractivity contribution is -0.117. The van der Waals surface area contributed by atoms with Crippen molar-refractivity contribution in [3.05, 3.63) is 53.6 Å². The first kappa shape index (κ1) is 18.3. The molecule has 0 aromatic heterocycles. The number of hydrogen-bond acceptors (Lipinski definition) is 5. The third-order valence-corrected chi connectivity index (χ3v) is 5.57. The number of ether oxygens (including phenoxy) is 1. The Bertz CT molecular complexity index is 867. The number of nitrogens with one attached hydrogen (secondary N) is 2. The van der Waals surface area contributed by atoms with Gasteiger partial charge in [-0.1, -0.05) is 18.2 Å². The lowest BCUT2D eigenvalue weighted by atomic mass is 10.0. The Hall–Kier alpha value is -2.45. The van der Waals surface area contributed by atoms with Gasteiger partial charge in [-0.15, -0.1) is 0 Å². The van der Waals surface area contributed by atoms with Crippen LogP contribution in [0.1, 0.15) is 29.6 Å². The van der Waals surface area contributed by atoms with Crippen molar-refractivity contribution in [2.75, 3.05) is 7.11 Å². The van der Waals surface area contributed by atoms with Gasteiger partial charge in [-0.2, -0.15) is 0 Å². The summed E-state index contributed by atoms with van der Waals surface area (Å²) in [6.45, 7) is 0. The second-order valence-electron chi connectivity index (χ2n) is 6.22. The number of carbonyl (C=O) groups is 2. The Kier molecular flexibility index (Phi) is 5.24. The van der Waals surface area contributed by atoms with Crippen LogP contribution >= 0.6 is 0 Å². The summed E-state index contributed by atoms with van der Waals surface area (Å²) in [5.74, 6) is -0.959. The SMILES string of the molecule is COC1CC=CC=C1C(=O)NS(=O)(=O)c1ccc(C(=O)NC2CC2)cc1. The minimum absolute atomic E-state index is 0.0882. The molecule has 1 aromatic carbocycles. The van der Waals surface area contributed by atoms with Crippen LogP contribution in [0, 0.1) is 0 Å². The van der Waals surface area contributed by atoms with Crippen molar-refractivity contribution in [2.45, 2.75) is 36.3 Å². The van der Waals surface area contributed by atoms with Gasteiger partial charge in [0.1, 0.15) is 0 Å². The van der Waals surface area contributed by atoms with Gasteiger partial charge >= 0.3 is 0 Å². The van der Waals surface area contributed by atoms with E-state index in [1.165, 1.54) is 37.5 Å². The highest BCUT2D eigenvalue weighted by molar-refractivity contribution is 7.90. The second kappa shape index (κ2) is 7.43. The van der Waals surface area contributed by atoms with E-state index in [4.69, 9.17) is 4.74 Å². The van der Waals surface area contributed by atoms with E-state index in [-0.39, 0.29) is 22.4 Å². The summed E-state index contributed by atoms with van der Waals surface area (Å²) >= 11 is 0. The first-order valence-electron chi connectivity index (χ1n) is 8.28. The number of rotatable bonds is 6. The molecule has 26 heavy (non-hydrogen) atoms. The average molecular weight is 376 g/mol. The number of sulfonamides is 1. The number of amides is 2. The third kappa shape index (κ3) is 4.20. The number of benzene rings is 1. The fraction of sp³-hybridized carbons (Fsp3) is 0.333. The molecule has 1 aromatic rings. The zero-order valence-electron chi connectivity index (χ0n) is 14.3. The topological polar surface area (TPSA) is 102 Å². The normalized spacial score (nSPS) is 19.6. The molecule has 8 heteroatoms. The van der Waals surface area contributed by atoms with Crippen molar-refractivity contribution in [3.8, 4) is 0 Å². The summed E-state index contributed by atoms with van der Waals surface area (Å²) in [6, 6.07) is 5.69. The van der Waals surface area contributed by atoms with Gasteiger partial charge in [-0.25, -0.2) is 13.1 Å². The van der Waals surface area contributed by atoms with E-state index in [0.717, 1.165) is 12.8 Å². The molecule has 0 aliphatic heterocycles. The minimum Gasteiger partial charge on any atom is -0.376 e. The molecule has 138 valence electrons. The summed E-state index contributed by atoms with van der Waals surface area (Å²) in [6.07, 6.45) is 7.02. The molecule has 3 rings (SSSR count). The van der Waals surface area contributed by atoms with Crippen molar-refractivity contribution in [2.24, 2.45) is 0 Å². The Balaban J connectivity index is 1.71. The molecular weight excluding hydrogens is 356 g/mol. The highest BCUT2D eigenvalue weighted by Gasteiger charge is 2.27. The first-order chi connectivity index (χ1) is 12.4. The molecule has 1 atom stereocenters. The van der Waals surface area contributed by atoms with E-state index in [1.54, 1.807) is 6.08 Å². The molecule has 0 heterocycles. The minimum atomic E-state index is -4.05. The lowest BCUT2D eigenvalue weighted by Crippen LogP contribution is -2.36. The van der Waals surface area contributed by atoms with E-state index in [1.807, 2.05) is 10.8 Å². The van der Waals surface area contributed by atoms with Crippen LogP contribution in [0.3, 0.4) is 0 Å². The van der Waals surface area contributed by atoms with Crippen LogP contribution in [-0.2, 0) is 19.6 Å². The Morgan fingerprint density at radius 1 is 1.12 bits per heavy atom. The quantitative estimate of drug-likeness (QED) is 0.779. The van der Waals surface area contributed by atoms with Crippen molar-refractivity contribution < 1.29 is 22.7 Å². The molecule has 1 saturated carbocycles. The molecule has 0 saturated heterocycles. The van der Waals surface area contributed by atoms with Gasteiger partial charge in [0.05, 0.1) is 11.0 Å². The summed E-state index contributed by atoms with van der Waals surface area (Å²) < 4.78 is 32.1. The molecule has 1 fully saturated rings. The average Bonchev–Trinajstić information content (AvgIpc) is 3.45. The Morgan fingerprint density at radius 3 is 2.42 bits per heavy atom. The van der Waals surface area contributed by atoms with E-state index < -0.39 is 22.0 Å². The van der Waals surface area contributed by atoms with E-state index in [0.29, 0.717) is 12.0 Å². The van der Waals surface area contributed by atoms with Gasteiger partial charge in [-0.05, 0) is 43.5 Å². The fourth-order valence-corrected chi connectivity index (χ4v) is 3.55. The summed E-state index contributed by atoms with van der Waals surface area (Å²) in [5.41, 5.74) is 0.626. The van der Waals surface area contributed by atoms with Crippen LogP contribution in [0.2, 0.25) is 0 Å². The molecular formula is C18H20N2O5S. The van der Waals surface area contributed by atoms with Gasteiger partial charge in [0, 0.05) is 24.3 Å². The van der Waals surface area contributed by atoms with Crippen molar-refractivity contribution in [1.82, 2.24) is 10.0 Å². The van der Waals surface area contributed by atoms with Crippen molar-refractivity contribution >= 4 is 21.8 Å². The highest BCUT2D eigenvalue weighted by Crippen LogP contribution is 2.20.